The summed E-state index contributed by atoms with van der Waals surface area (Å²) in [5.41, 5.74) is 8.72. The van der Waals surface area contributed by atoms with E-state index in [0.717, 1.165) is 49.9 Å². The molecule has 0 atom stereocenters. The van der Waals surface area contributed by atoms with E-state index < -0.39 is 7.05 Å². The first-order chi connectivity index (χ1) is 23.9. The van der Waals surface area contributed by atoms with E-state index in [2.05, 4.69) is 100 Å². The molecule has 0 heterocycles. The highest BCUT2D eigenvalue weighted by molar-refractivity contribution is 7.88. The smallest absolute Gasteiger partial charge is 0.129 e. The zero-order chi connectivity index (χ0) is 37.5. The fraction of sp³-hybridized carbons (Fsp3) is 0.311. The Morgan fingerprint density at radius 1 is 0.608 bits per heavy atom. The highest BCUT2D eigenvalue weighted by Gasteiger charge is 2.39. The van der Waals surface area contributed by atoms with Crippen LogP contribution in [-0.2, 0) is 10.8 Å². The molecule has 0 amide bonds. The normalized spacial score (nSPS) is 12.4. The number of hydrogen-bond acceptors (Lipinski definition) is 5. The largest absolute Gasteiger partial charge is 0.507 e. The van der Waals surface area contributed by atoms with Crippen molar-refractivity contribution in [3.63, 3.8) is 0 Å². The van der Waals surface area contributed by atoms with E-state index in [-0.39, 0.29) is 22.3 Å². The molecule has 0 aliphatic rings. The molecule has 0 saturated carbocycles. The van der Waals surface area contributed by atoms with Crippen molar-refractivity contribution in [2.24, 2.45) is 9.74 Å². The van der Waals surface area contributed by atoms with Gasteiger partial charge in [0.15, 0.2) is 0 Å². The Morgan fingerprint density at radius 2 is 1.08 bits per heavy atom. The quantitative estimate of drug-likeness (QED) is 0.131. The van der Waals surface area contributed by atoms with Crippen molar-refractivity contribution in [1.29, 1.82) is 0 Å². The van der Waals surface area contributed by atoms with Gasteiger partial charge in [-0.2, -0.15) is 0 Å². The molecule has 5 nitrogen and oxygen atoms in total. The summed E-state index contributed by atoms with van der Waals surface area (Å²) in [5, 5.41) is 27.2. The number of ether oxygens (including phenoxy) is 1. The topological polar surface area (TPSA) is 74.4 Å². The van der Waals surface area contributed by atoms with Crippen LogP contribution in [0.2, 0.25) is 0 Å². The fourth-order valence-corrected chi connectivity index (χ4v) is 11.0. The molecule has 0 aliphatic heterocycles. The number of para-hydroxylation sites is 1. The molecule has 0 fully saturated rings. The van der Waals surface area contributed by atoms with Gasteiger partial charge >= 0.3 is 0 Å². The van der Waals surface area contributed by atoms with Crippen molar-refractivity contribution >= 4 is 40.6 Å². The van der Waals surface area contributed by atoms with Gasteiger partial charge in [-0.3, -0.25) is 9.74 Å². The van der Waals surface area contributed by atoms with Crippen LogP contribution in [-0.4, -0.2) is 23.5 Å². The van der Waals surface area contributed by atoms with Crippen molar-refractivity contribution < 1.29 is 14.9 Å². The number of rotatable bonds is 7. The molecule has 5 aromatic rings. The Morgan fingerprint density at radius 3 is 1.59 bits per heavy atom. The molecule has 2 N–H and O–H groups in total. The van der Waals surface area contributed by atoms with Gasteiger partial charge in [-0.25, -0.2) is 0 Å². The number of benzene rings is 5. The minimum atomic E-state index is -3.36. The zero-order valence-electron chi connectivity index (χ0n) is 32.3. The molecular formula is C45H53N2O3P. The van der Waals surface area contributed by atoms with Crippen LogP contribution >= 0.6 is 7.05 Å². The number of aliphatic imine (C=N–C) groups is 1. The minimum Gasteiger partial charge on any atom is -0.507 e. The van der Waals surface area contributed by atoms with Gasteiger partial charge in [0.2, 0.25) is 0 Å². The standard InChI is InChI=1S/C45H53N2O3P/c1-28-21-31(4)41(32(5)22-28)46-27-33-17-13-14-18-36(33)47-51(38-20-16-15-19-37(38)50-12,39-25-29(2)23-34(42(39)48)44(6,7)8)40-26-30(3)24-35(43(40)49)45(9,10)11/h13-27,48-49H,1-12H3. The molecule has 0 bridgehead atoms. The predicted octanol–water partition coefficient (Wildman–Crippen LogP) is 10.8. The maximum absolute atomic E-state index is 12.6. The van der Waals surface area contributed by atoms with Crippen molar-refractivity contribution in [2.75, 3.05) is 7.11 Å². The van der Waals surface area contributed by atoms with E-state index in [4.69, 9.17) is 14.5 Å². The number of phenols is 2. The van der Waals surface area contributed by atoms with Gasteiger partial charge in [-0.05, 0) is 98.0 Å². The number of hydrogen-bond donors (Lipinski definition) is 2. The SMILES string of the molecule is COc1ccccc1P(=Nc1ccccc1C=Nc1c(C)cc(C)cc1C)(c1cc(C)cc(C(C)(C)C)c1O)c1cc(C)cc(C(C)(C)C)c1O. The first-order valence-corrected chi connectivity index (χ1v) is 19.3. The van der Waals surface area contributed by atoms with Gasteiger partial charge < -0.3 is 14.9 Å². The van der Waals surface area contributed by atoms with Gasteiger partial charge in [0.05, 0.1) is 25.5 Å². The molecule has 0 spiro atoms. The first kappa shape index (κ1) is 37.7. The van der Waals surface area contributed by atoms with E-state index in [9.17, 15) is 10.2 Å². The lowest BCUT2D eigenvalue weighted by Gasteiger charge is -2.34. The van der Waals surface area contributed by atoms with Gasteiger partial charge in [0.25, 0.3) is 0 Å². The van der Waals surface area contributed by atoms with Crippen LogP contribution < -0.4 is 20.7 Å². The van der Waals surface area contributed by atoms with Gasteiger partial charge in [0.1, 0.15) is 17.2 Å². The lowest BCUT2D eigenvalue weighted by Crippen LogP contribution is -2.30. The molecule has 51 heavy (non-hydrogen) atoms. The zero-order valence-corrected chi connectivity index (χ0v) is 33.2. The minimum absolute atomic E-state index is 0.173. The molecule has 6 heteroatoms. The maximum atomic E-state index is 12.6. The summed E-state index contributed by atoms with van der Waals surface area (Å²) in [4.78, 5) is 5.02. The molecular weight excluding hydrogens is 647 g/mol. The van der Waals surface area contributed by atoms with Crippen molar-refractivity contribution in [3.8, 4) is 17.2 Å². The molecule has 0 saturated heterocycles. The summed E-state index contributed by atoms with van der Waals surface area (Å²) < 4.78 is 12.0. The van der Waals surface area contributed by atoms with Gasteiger partial charge in [-0.1, -0.05) is 102 Å². The molecule has 266 valence electrons. The summed E-state index contributed by atoms with van der Waals surface area (Å²) in [6.45, 7) is 23.0. The van der Waals surface area contributed by atoms with Crippen LogP contribution in [0, 0.1) is 34.6 Å². The summed E-state index contributed by atoms with van der Waals surface area (Å²) >= 11 is 0. The third kappa shape index (κ3) is 7.41. The second-order valence-electron chi connectivity index (χ2n) is 15.8. The number of methoxy groups -OCH3 is 1. The molecule has 5 rings (SSSR count). The van der Waals surface area contributed by atoms with E-state index >= 15 is 0 Å². The van der Waals surface area contributed by atoms with Gasteiger partial charge in [-0.15, -0.1) is 0 Å². The van der Waals surface area contributed by atoms with E-state index in [0.29, 0.717) is 22.0 Å². The maximum Gasteiger partial charge on any atom is 0.129 e. The molecule has 0 aromatic heterocycles. The van der Waals surface area contributed by atoms with Crippen LogP contribution in [0.4, 0.5) is 11.4 Å². The van der Waals surface area contributed by atoms with E-state index in [1.54, 1.807) is 7.11 Å². The highest BCUT2D eigenvalue weighted by atomic mass is 31.2. The monoisotopic (exact) mass is 700 g/mol. The second-order valence-corrected chi connectivity index (χ2v) is 18.7. The Balaban J connectivity index is 2.05. The molecule has 0 aliphatic carbocycles. The van der Waals surface area contributed by atoms with Crippen LogP contribution in [0.1, 0.15) is 86.1 Å². The van der Waals surface area contributed by atoms with Crippen molar-refractivity contribution in [2.45, 2.75) is 87.0 Å². The third-order valence-electron chi connectivity index (χ3n) is 9.38. The Hall–Kier alpha value is -4.60. The van der Waals surface area contributed by atoms with Crippen molar-refractivity contribution in [3.05, 3.63) is 129 Å². The van der Waals surface area contributed by atoms with E-state index in [1.165, 1.54) is 5.56 Å². The molecule has 0 radical (unpaired) electrons. The summed E-state index contributed by atoms with van der Waals surface area (Å²) in [7, 11) is -1.70. The van der Waals surface area contributed by atoms with Crippen LogP contribution in [0.3, 0.4) is 0 Å². The van der Waals surface area contributed by atoms with Crippen molar-refractivity contribution in [1.82, 2.24) is 0 Å². The number of aryl methyl sites for hydroxylation is 5. The molecule has 0 unspecified atom stereocenters. The first-order valence-electron chi connectivity index (χ1n) is 17.5. The van der Waals surface area contributed by atoms with Crippen LogP contribution in [0.5, 0.6) is 17.2 Å². The number of phenolic OH excluding ortho intramolecular Hbond substituents is 2. The summed E-state index contributed by atoms with van der Waals surface area (Å²) in [5.74, 6) is 0.973. The van der Waals surface area contributed by atoms with E-state index in [1.807, 2.05) is 66.9 Å². The average molecular weight is 701 g/mol. The van der Waals surface area contributed by atoms with Gasteiger partial charge in [0, 0.05) is 38.8 Å². The predicted molar refractivity (Wildman–Crippen MR) is 218 cm³/mol. The number of aromatic hydroxyl groups is 2. The fourth-order valence-electron chi connectivity index (χ4n) is 6.96. The summed E-state index contributed by atoms with van der Waals surface area (Å²) in [6.07, 6.45) is 1.88. The average Bonchev–Trinajstić information content (AvgIpc) is 3.04. The van der Waals surface area contributed by atoms with Crippen LogP contribution in [0.15, 0.2) is 94.7 Å². The second kappa shape index (κ2) is 14.2. The Bertz CT molecular complexity index is 2100. The lowest BCUT2D eigenvalue weighted by atomic mass is 9.85. The lowest BCUT2D eigenvalue weighted by molar-refractivity contribution is 0.418. The Labute approximate surface area is 305 Å². The number of nitrogens with zero attached hydrogens (tertiary/aromatic N) is 2. The third-order valence-corrected chi connectivity index (χ3v) is 13.0. The summed E-state index contributed by atoms with van der Waals surface area (Å²) in [6, 6.07) is 28.4. The highest BCUT2D eigenvalue weighted by Crippen LogP contribution is 2.57. The van der Waals surface area contributed by atoms with Crippen LogP contribution in [0.25, 0.3) is 0 Å². The molecule has 5 aromatic carbocycles. The Kier molecular flexibility index (Phi) is 10.5.